The summed E-state index contributed by atoms with van der Waals surface area (Å²) in [5.74, 6) is 0. The molecule has 1 fully saturated rings. The maximum absolute atomic E-state index is 4.21. The molecule has 0 N–H and O–H groups in total. The number of halogens is 1. The summed E-state index contributed by atoms with van der Waals surface area (Å²) >= 11 is 5.63. The highest BCUT2D eigenvalue weighted by molar-refractivity contribution is 9.10. The molecule has 1 aromatic heterocycles. The van der Waals surface area contributed by atoms with Gasteiger partial charge in [0.05, 0.1) is 4.32 Å². The van der Waals surface area contributed by atoms with Gasteiger partial charge in [-0.25, -0.2) is 0 Å². The fourth-order valence-corrected chi connectivity index (χ4v) is 3.61. The van der Waals surface area contributed by atoms with Crippen LogP contribution in [0.3, 0.4) is 0 Å². The summed E-state index contributed by atoms with van der Waals surface area (Å²) in [5.41, 5.74) is 1.28. The molecule has 1 aromatic rings. The highest BCUT2D eigenvalue weighted by Gasteiger charge is 2.34. The zero-order valence-electron chi connectivity index (χ0n) is 7.55. The van der Waals surface area contributed by atoms with E-state index >= 15 is 0 Å². The molecule has 0 aliphatic heterocycles. The fourth-order valence-electron chi connectivity index (χ4n) is 1.91. The highest BCUT2D eigenvalue weighted by atomic mass is 79.9. The first kappa shape index (κ1) is 9.47. The van der Waals surface area contributed by atoms with Crippen LogP contribution < -0.4 is 0 Å². The number of thiophene rings is 1. The van der Waals surface area contributed by atoms with E-state index in [0.29, 0.717) is 0 Å². The van der Waals surface area contributed by atoms with Crippen molar-refractivity contribution >= 4 is 32.8 Å². The number of allylic oxidation sites excluding steroid dienone is 1. The van der Waals surface area contributed by atoms with E-state index in [1.54, 1.807) is 11.3 Å². The standard InChI is InChI=1S/C11H13BrS/c1-9(10-5-4-8-13-10)11(12)6-2-3-7-11/h4-5,8H,1-3,6-7H2. The number of alkyl halides is 1. The van der Waals surface area contributed by atoms with Crippen LogP contribution in [0.15, 0.2) is 24.1 Å². The van der Waals surface area contributed by atoms with Gasteiger partial charge in [-0.05, 0) is 29.9 Å². The van der Waals surface area contributed by atoms with Gasteiger partial charge < -0.3 is 0 Å². The van der Waals surface area contributed by atoms with Crippen LogP contribution in [0, 0.1) is 0 Å². The lowest BCUT2D eigenvalue weighted by Crippen LogP contribution is -2.16. The van der Waals surface area contributed by atoms with Crippen molar-refractivity contribution in [2.75, 3.05) is 0 Å². The molecule has 0 radical (unpaired) electrons. The van der Waals surface area contributed by atoms with Crippen molar-refractivity contribution in [3.8, 4) is 0 Å². The van der Waals surface area contributed by atoms with E-state index in [9.17, 15) is 0 Å². The van der Waals surface area contributed by atoms with Gasteiger partial charge in [-0.2, -0.15) is 0 Å². The molecule has 0 aromatic carbocycles. The van der Waals surface area contributed by atoms with Gasteiger partial charge in [0, 0.05) is 4.88 Å². The second-order valence-electron chi connectivity index (χ2n) is 3.63. The first-order valence-corrected chi connectivity index (χ1v) is 6.32. The zero-order valence-corrected chi connectivity index (χ0v) is 9.96. The summed E-state index contributed by atoms with van der Waals surface area (Å²) in [5, 5.41) is 2.12. The molecule has 70 valence electrons. The average Bonchev–Trinajstić information content (AvgIpc) is 2.73. The van der Waals surface area contributed by atoms with Gasteiger partial charge in [0.25, 0.3) is 0 Å². The van der Waals surface area contributed by atoms with Crippen molar-refractivity contribution in [2.45, 2.75) is 30.0 Å². The van der Waals surface area contributed by atoms with Gasteiger partial charge in [0.2, 0.25) is 0 Å². The molecular formula is C11H13BrS. The molecule has 0 nitrogen and oxygen atoms in total. The Labute approximate surface area is 91.8 Å². The van der Waals surface area contributed by atoms with E-state index in [1.165, 1.54) is 36.1 Å². The van der Waals surface area contributed by atoms with Gasteiger partial charge in [0.1, 0.15) is 0 Å². The van der Waals surface area contributed by atoms with Gasteiger partial charge in [-0.1, -0.05) is 41.4 Å². The average molecular weight is 257 g/mol. The Balaban J connectivity index is 2.21. The summed E-state index contributed by atoms with van der Waals surface area (Å²) < 4.78 is 0.206. The zero-order chi connectivity index (χ0) is 9.31. The monoisotopic (exact) mass is 256 g/mol. The molecule has 2 rings (SSSR count). The molecule has 1 saturated carbocycles. The fraction of sp³-hybridized carbons (Fsp3) is 0.455. The summed E-state index contributed by atoms with van der Waals surface area (Å²) in [6, 6.07) is 4.25. The minimum Gasteiger partial charge on any atom is -0.144 e. The van der Waals surface area contributed by atoms with E-state index in [-0.39, 0.29) is 4.32 Å². The summed E-state index contributed by atoms with van der Waals surface area (Å²) in [7, 11) is 0. The van der Waals surface area contributed by atoms with Crippen LogP contribution in [0.25, 0.3) is 5.57 Å². The van der Waals surface area contributed by atoms with Crippen molar-refractivity contribution in [1.29, 1.82) is 0 Å². The Kier molecular flexibility index (Phi) is 2.61. The minimum atomic E-state index is 0.206. The van der Waals surface area contributed by atoms with Crippen molar-refractivity contribution < 1.29 is 0 Å². The van der Waals surface area contributed by atoms with E-state index in [1.807, 2.05) is 0 Å². The normalized spacial score (nSPS) is 20.4. The van der Waals surface area contributed by atoms with E-state index in [0.717, 1.165) is 0 Å². The van der Waals surface area contributed by atoms with Crippen LogP contribution in [0.1, 0.15) is 30.6 Å². The van der Waals surface area contributed by atoms with Gasteiger partial charge in [-0.3, -0.25) is 0 Å². The van der Waals surface area contributed by atoms with Crippen LogP contribution in [0.2, 0.25) is 0 Å². The predicted octanol–water partition coefficient (Wildman–Crippen LogP) is 4.47. The second-order valence-corrected chi connectivity index (χ2v) is 6.09. The maximum Gasteiger partial charge on any atom is 0.0514 e. The summed E-state index contributed by atoms with van der Waals surface area (Å²) in [4.78, 5) is 1.33. The highest BCUT2D eigenvalue weighted by Crippen LogP contribution is 2.47. The Morgan fingerprint density at radius 2 is 2.15 bits per heavy atom. The third-order valence-electron chi connectivity index (χ3n) is 2.76. The lowest BCUT2D eigenvalue weighted by Gasteiger charge is -2.23. The Morgan fingerprint density at radius 3 is 2.69 bits per heavy atom. The van der Waals surface area contributed by atoms with Crippen LogP contribution >= 0.6 is 27.3 Å². The van der Waals surface area contributed by atoms with Crippen molar-refractivity contribution in [2.24, 2.45) is 0 Å². The third-order valence-corrected chi connectivity index (χ3v) is 4.96. The van der Waals surface area contributed by atoms with Gasteiger partial charge in [-0.15, -0.1) is 11.3 Å². The molecule has 0 atom stereocenters. The molecule has 0 amide bonds. The number of hydrogen-bond acceptors (Lipinski definition) is 1. The Morgan fingerprint density at radius 1 is 1.46 bits per heavy atom. The Hall–Kier alpha value is -0.0800. The lowest BCUT2D eigenvalue weighted by atomic mass is 9.97. The third kappa shape index (κ3) is 1.75. The molecule has 0 unspecified atom stereocenters. The van der Waals surface area contributed by atoms with Crippen LogP contribution in [-0.4, -0.2) is 4.32 Å². The quantitative estimate of drug-likeness (QED) is 0.686. The minimum absolute atomic E-state index is 0.206. The van der Waals surface area contributed by atoms with Crippen LogP contribution in [-0.2, 0) is 0 Å². The molecule has 0 saturated heterocycles. The van der Waals surface area contributed by atoms with Crippen molar-refractivity contribution in [1.82, 2.24) is 0 Å². The lowest BCUT2D eigenvalue weighted by molar-refractivity contribution is 0.785. The van der Waals surface area contributed by atoms with Crippen LogP contribution in [0.4, 0.5) is 0 Å². The topological polar surface area (TPSA) is 0 Å². The SMILES string of the molecule is C=C(c1cccs1)C1(Br)CCCC1. The molecule has 1 aliphatic rings. The molecule has 1 aliphatic carbocycles. The van der Waals surface area contributed by atoms with Crippen molar-refractivity contribution in [3.63, 3.8) is 0 Å². The molecule has 0 spiro atoms. The summed E-state index contributed by atoms with van der Waals surface area (Å²) in [6.45, 7) is 4.21. The summed E-state index contributed by atoms with van der Waals surface area (Å²) in [6.07, 6.45) is 5.14. The van der Waals surface area contributed by atoms with Gasteiger partial charge in [0.15, 0.2) is 0 Å². The van der Waals surface area contributed by atoms with E-state index in [4.69, 9.17) is 0 Å². The number of rotatable bonds is 2. The molecule has 2 heteroatoms. The molecule has 0 bridgehead atoms. The maximum atomic E-state index is 4.21. The second kappa shape index (κ2) is 3.58. The first-order valence-electron chi connectivity index (χ1n) is 4.64. The van der Waals surface area contributed by atoms with Gasteiger partial charge >= 0.3 is 0 Å². The van der Waals surface area contributed by atoms with E-state index in [2.05, 4.69) is 40.0 Å². The number of hydrogen-bond donors (Lipinski definition) is 0. The predicted molar refractivity (Wildman–Crippen MR) is 63.5 cm³/mol. The molecular weight excluding hydrogens is 244 g/mol. The van der Waals surface area contributed by atoms with Crippen LogP contribution in [0.5, 0.6) is 0 Å². The molecule has 13 heavy (non-hydrogen) atoms. The molecule has 1 heterocycles. The van der Waals surface area contributed by atoms with E-state index < -0.39 is 0 Å². The largest absolute Gasteiger partial charge is 0.144 e. The smallest absolute Gasteiger partial charge is 0.0514 e. The Bertz CT molecular complexity index is 294. The van der Waals surface area contributed by atoms with Crippen molar-refractivity contribution in [3.05, 3.63) is 29.0 Å². The first-order chi connectivity index (χ1) is 6.22.